The third-order valence-corrected chi connectivity index (χ3v) is 1.72. The summed E-state index contributed by atoms with van der Waals surface area (Å²) in [5, 5.41) is 13.3. The fourth-order valence-corrected chi connectivity index (χ4v) is 1.07. The van der Waals surface area contributed by atoms with Gasteiger partial charge in [-0.1, -0.05) is 6.92 Å². The van der Waals surface area contributed by atoms with Crippen LogP contribution in [0.5, 0.6) is 0 Å². The number of nitro benzene ring substituents is 1. The van der Waals surface area contributed by atoms with Crippen LogP contribution in [0.2, 0.25) is 0 Å². The van der Waals surface area contributed by atoms with Crippen LogP contribution >= 0.6 is 0 Å². The molecule has 1 rings (SSSR count). The van der Waals surface area contributed by atoms with Gasteiger partial charge in [0.05, 0.1) is 4.92 Å². The summed E-state index contributed by atoms with van der Waals surface area (Å²) in [6.07, 6.45) is 0.827. The highest BCUT2D eigenvalue weighted by molar-refractivity contribution is 5.61. The smallest absolute Gasteiger partial charge is 0.292 e. The van der Waals surface area contributed by atoms with Gasteiger partial charge in [0.1, 0.15) is 11.5 Å². The number of halogens is 1. The first-order valence-corrected chi connectivity index (χ1v) is 4.33. The van der Waals surface area contributed by atoms with Gasteiger partial charge in [-0.2, -0.15) is 0 Å². The first-order chi connectivity index (χ1) is 6.65. The van der Waals surface area contributed by atoms with Crippen molar-refractivity contribution in [3.8, 4) is 0 Å². The topological polar surface area (TPSA) is 55.2 Å². The number of rotatable bonds is 4. The van der Waals surface area contributed by atoms with Gasteiger partial charge in [-0.05, 0) is 12.5 Å². The van der Waals surface area contributed by atoms with E-state index < -0.39 is 10.7 Å². The maximum Gasteiger partial charge on any atom is 0.292 e. The Kier molecular flexibility index (Phi) is 3.39. The van der Waals surface area contributed by atoms with E-state index in [9.17, 15) is 14.5 Å². The van der Waals surface area contributed by atoms with Gasteiger partial charge in [-0.15, -0.1) is 0 Å². The van der Waals surface area contributed by atoms with Crippen LogP contribution in [0.1, 0.15) is 13.3 Å². The number of hydrogen-bond donors (Lipinski definition) is 1. The molecule has 0 radical (unpaired) electrons. The fourth-order valence-electron chi connectivity index (χ4n) is 1.07. The largest absolute Gasteiger partial charge is 0.379 e. The molecule has 0 aliphatic heterocycles. The van der Waals surface area contributed by atoms with Crippen molar-refractivity contribution >= 4 is 11.4 Å². The summed E-state index contributed by atoms with van der Waals surface area (Å²) in [4.78, 5) is 10.0. The van der Waals surface area contributed by atoms with E-state index in [4.69, 9.17) is 0 Å². The summed E-state index contributed by atoms with van der Waals surface area (Å²) < 4.78 is 12.8. The van der Waals surface area contributed by atoms with Crippen molar-refractivity contribution in [2.75, 3.05) is 11.9 Å². The van der Waals surface area contributed by atoms with Crippen LogP contribution in [0.4, 0.5) is 15.8 Å². The van der Waals surface area contributed by atoms with E-state index in [0.717, 1.165) is 24.6 Å². The Labute approximate surface area is 80.9 Å². The van der Waals surface area contributed by atoms with Gasteiger partial charge in [0.25, 0.3) is 5.69 Å². The van der Waals surface area contributed by atoms with Crippen molar-refractivity contribution in [2.24, 2.45) is 0 Å². The van der Waals surface area contributed by atoms with Crippen LogP contribution in [-0.4, -0.2) is 11.5 Å². The molecule has 0 atom stereocenters. The molecule has 5 heteroatoms. The van der Waals surface area contributed by atoms with Crippen LogP contribution in [0.25, 0.3) is 0 Å². The minimum Gasteiger partial charge on any atom is -0.379 e. The van der Waals surface area contributed by atoms with E-state index in [-0.39, 0.29) is 11.4 Å². The molecular weight excluding hydrogens is 187 g/mol. The minimum absolute atomic E-state index is 0.0974. The van der Waals surface area contributed by atoms with Crippen LogP contribution in [0.3, 0.4) is 0 Å². The van der Waals surface area contributed by atoms with E-state index in [1.807, 2.05) is 6.92 Å². The Morgan fingerprint density at radius 1 is 1.57 bits per heavy atom. The van der Waals surface area contributed by atoms with Crippen LogP contribution in [0, 0.1) is 15.9 Å². The second-order valence-electron chi connectivity index (χ2n) is 2.85. The third kappa shape index (κ3) is 2.42. The molecule has 0 saturated carbocycles. The highest BCUT2D eigenvalue weighted by Gasteiger charge is 2.13. The molecule has 0 fully saturated rings. The first kappa shape index (κ1) is 10.4. The SMILES string of the molecule is CCCNc1cc(F)ccc1[N+](=O)[O-]. The molecule has 0 spiro atoms. The normalized spacial score (nSPS) is 9.86. The maximum absolute atomic E-state index is 12.8. The molecule has 0 aromatic heterocycles. The standard InChI is InChI=1S/C9H11FN2O2/c1-2-5-11-8-6-7(10)3-4-9(8)12(13)14/h3-4,6,11H,2,5H2,1H3. The third-order valence-electron chi connectivity index (χ3n) is 1.72. The highest BCUT2D eigenvalue weighted by Crippen LogP contribution is 2.24. The van der Waals surface area contributed by atoms with Gasteiger partial charge in [0, 0.05) is 18.7 Å². The van der Waals surface area contributed by atoms with E-state index in [0.29, 0.717) is 6.54 Å². The Morgan fingerprint density at radius 2 is 2.29 bits per heavy atom. The summed E-state index contributed by atoms with van der Waals surface area (Å²) in [6, 6.07) is 3.37. The first-order valence-electron chi connectivity index (χ1n) is 4.33. The molecule has 0 saturated heterocycles. The van der Waals surface area contributed by atoms with Crippen molar-refractivity contribution in [1.29, 1.82) is 0 Å². The molecule has 1 aromatic carbocycles. The predicted molar refractivity (Wildman–Crippen MR) is 51.8 cm³/mol. The number of anilines is 1. The van der Waals surface area contributed by atoms with Crippen molar-refractivity contribution in [3.05, 3.63) is 34.1 Å². The van der Waals surface area contributed by atoms with Crippen molar-refractivity contribution < 1.29 is 9.31 Å². The molecule has 0 aliphatic carbocycles. The second-order valence-corrected chi connectivity index (χ2v) is 2.85. The predicted octanol–water partition coefficient (Wildman–Crippen LogP) is 2.56. The Hall–Kier alpha value is -1.65. The van der Waals surface area contributed by atoms with Crippen molar-refractivity contribution in [3.63, 3.8) is 0 Å². The molecular formula is C9H11FN2O2. The van der Waals surface area contributed by atoms with E-state index >= 15 is 0 Å². The monoisotopic (exact) mass is 198 g/mol. The molecule has 1 aromatic rings. The van der Waals surface area contributed by atoms with Gasteiger partial charge in [-0.3, -0.25) is 10.1 Å². The summed E-state index contributed by atoms with van der Waals surface area (Å²) in [7, 11) is 0. The van der Waals surface area contributed by atoms with Crippen molar-refractivity contribution in [1.82, 2.24) is 0 Å². The van der Waals surface area contributed by atoms with E-state index in [2.05, 4.69) is 5.32 Å². The summed E-state index contributed by atoms with van der Waals surface area (Å²) >= 11 is 0. The molecule has 0 aliphatic rings. The molecule has 0 bridgehead atoms. The number of nitro groups is 1. The van der Waals surface area contributed by atoms with Gasteiger partial charge in [0.15, 0.2) is 0 Å². The lowest BCUT2D eigenvalue weighted by atomic mass is 10.2. The quantitative estimate of drug-likeness (QED) is 0.597. The lowest BCUT2D eigenvalue weighted by Crippen LogP contribution is -2.03. The number of benzene rings is 1. The van der Waals surface area contributed by atoms with E-state index in [1.165, 1.54) is 0 Å². The molecule has 0 heterocycles. The number of nitrogens with one attached hydrogen (secondary N) is 1. The Balaban J connectivity index is 2.97. The average molecular weight is 198 g/mol. The molecule has 4 nitrogen and oxygen atoms in total. The number of nitrogens with zero attached hydrogens (tertiary/aromatic N) is 1. The second kappa shape index (κ2) is 4.55. The average Bonchev–Trinajstić information content (AvgIpc) is 2.14. The zero-order valence-corrected chi connectivity index (χ0v) is 7.79. The Morgan fingerprint density at radius 3 is 2.86 bits per heavy atom. The fraction of sp³-hybridized carbons (Fsp3) is 0.333. The molecule has 0 amide bonds. The van der Waals surface area contributed by atoms with Gasteiger partial charge in [0.2, 0.25) is 0 Å². The lowest BCUT2D eigenvalue weighted by Gasteiger charge is -2.04. The number of hydrogen-bond acceptors (Lipinski definition) is 3. The maximum atomic E-state index is 12.8. The molecule has 0 unspecified atom stereocenters. The van der Waals surface area contributed by atoms with Crippen LogP contribution < -0.4 is 5.32 Å². The minimum atomic E-state index is -0.530. The zero-order valence-electron chi connectivity index (χ0n) is 7.79. The molecule has 76 valence electrons. The lowest BCUT2D eigenvalue weighted by molar-refractivity contribution is -0.384. The summed E-state index contributed by atoms with van der Waals surface area (Å²) in [6.45, 7) is 2.52. The molecule has 1 N–H and O–H groups in total. The van der Waals surface area contributed by atoms with Gasteiger partial charge in [-0.25, -0.2) is 4.39 Å². The summed E-state index contributed by atoms with van der Waals surface area (Å²) in [5.74, 6) is -0.478. The van der Waals surface area contributed by atoms with Crippen LogP contribution in [0.15, 0.2) is 18.2 Å². The van der Waals surface area contributed by atoms with Crippen molar-refractivity contribution in [2.45, 2.75) is 13.3 Å². The molecule has 14 heavy (non-hydrogen) atoms. The van der Waals surface area contributed by atoms with Gasteiger partial charge < -0.3 is 5.32 Å². The zero-order chi connectivity index (χ0) is 10.6. The van der Waals surface area contributed by atoms with E-state index in [1.54, 1.807) is 0 Å². The highest BCUT2D eigenvalue weighted by atomic mass is 19.1. The Bertz CT molecular complexity index is 342. The van der Waals surface area contributed by atoms with Gasteiger partial charge >= 0.3 is 0 Å². The summed E-state index contributed by atoms with van der Waals surface area (Å²) in [5.41, 5.74) is 0.136. The van der Waals surface area contributed by atoms with Crippen LogP contribution in [-0.2, 0) is 0 Å².